The predicted octanol–water partition coefficient (Wildman–Crippen LogP) is 2.17. The molecule has 1 rings (SSSR count). The highest BCUT2D eigenvalue weighted by Gasteiger charge is 2.02. The average Bonchev–Trinajstić information content (AvgIpc) is 2.45. The van der Waals surface area contributed by atoms with Crippen LogP contribution in [0.3, 0.4) is 0 Å². The SMILES string of the molecule is CCOC(=O)CCOc1ccc(NCCCCN)cc1. The highest BCUT2D eigenvalue weighted by molar-refractivity contribution is 5.69. The number of carbonyl (C=O) groups is 1. The van der Waals surface area contributed by atoms with Gasteiger partial charge in [0.15, 0.2) is 0 Å². The maximum absolute atomic E-state index is 11.1. The van der Waals surface area contributed by atoms with Gasteiger partial charge in [0.05, 0.1) is 19.6 Å². The van der Waals surface area contributed by atoms with Crippen molar-refractivity contribution in [1.29, 1.82) is 0 Å². The molecule has 112 valence electrons. The van der Waals surface area contributed by atoms with E-state index in [0.717, 1.165) is 37.4 Å². The van der Waals surface area contributed by atoms with E-state index >= 15 is 0 Å². The van der Waals surface area contributed by atoms with Gasteiger partial charge in [0.2, 0.25) is 0 Å². The Morgan fingerprint density at radius 3 is 2.65 bits per heavy atom. The van der Waals surface area contributed by atoms with Gasteiger partial charge in [-0.1, -0.05) is 0 Å². The lowest BCUT2D eigenvalue weighted by Gasteiger charge is -2.08. The van der Waals surface area contributed by atoms with Crippen LogP contribution in [0.4, 0.5) is 5.69 Å². The van der Waals surface area contributed by atoms with E-state index in [2.05, 4.69) is 5.32 Å². The van der Waals surface area contributed by atoms with Gasteiger partial charge in [-0.15, -0.1) is 0 Å². The van der Waals surface area contributed by atoms with Crippen molar-refractivity contribution in [2.75, 3.05) is 31.6 Å². The van der Waals surface area contributed by atoms with Crippen LogP contribution in [0.15, 0.2) is 24.3 Å². The molecule has 0 radical (unpaired) electrons. The lowest BCUT2D eigenvalue weighted by Crippen LogP contribution is -2.09. The van der Waals surface area contributed by atoms with Crippen molar-refractivity contribution in [2.24, 2.45) is 5.73 Å². The van der Waals surface area contributed by atoms with Crippen molar-refractivity contribution in [3.05, 3.63) is 24.3 Å². The van der Waals surface area contributed by atoms with E-state index in [9.17, 15) is 4.79 Å². The lowest BCUT2D eigenvalue weighted by molar-refractivity contribution is -0.143. The molecule has 0 bridgehead atoms. The molecule has 0 aromatic heterocycles. The van der Waals surface area contributed by atoms with Crippen LogP contribution in [0.25, 0.3) is 0 Å². The van der Waals surface area contributed by atoms with Crippen molar-refractivity contribution in [3.63, 3.8) is 0 Å². The number of ether oxygens (including phenoxy) is 2. The first-order chi connectivity index (χ1) is 9.76. The van der Waals surface area contributed by atoms with Gasteiger partial charge in [0, 0.05) is 12.2 Å². The first-order valence-electron chi connectivity index (χ1n) is 7.08. The molecule has 0 amide bonds. The van der Waals surface area contributed by atoms with Crippen molar-refractivity contribution < 1.29 is 14.3 Å². The molecule has 0 aliphatic rings. The Morgan fingerprint density at radius 1 is 1.25 bits per heavy atom. The summed E-state index contributed by atoms with van der Waals surface area (Å²) in [6, 6.07) is 7.69. The number of hydrogen-bond donors (Lipinski definition) is 2. The molecule has 5 heteroatoms. The Hall–Kier alpha value is -1.75. The largest absolute Gasteiger partial charge is 0.493 e. The second kappa shape index (κ2) is 10.1. The third-order valence-corrected chi connectivity index (χ3v) is 2.69. The molecule has 0 aliphatic carbocycles. The fourth-order valence-corrected chi connectivity index (χ4v) is 1.66. The van der Waals surface area contributed by atoms with Crippen molar-refractivity contribution in [3.8, 4) is 5.75 Å². The van der Waals surface area contributed by atoms with E-state index in [1.807, 2.05) is 24.3 Å². The maximum Gasteiger partial charge on any atom is 0.309 e. The van der Waals surface area contributed by atoms with Crippen LogP contribution in [-0.2, 0) is 9.53 Å². The third-order valence-electron chi connectivity index (χ3n) is 2.69. The molecule has 0 unspecified atom stereocenters. The zero-order valence-electron chi connectivity index (χ0n) is 12.1. The first-order valence-corrected chi connectivity index (χ1v) is 7.08. The summed E-state index contributed by atoms with van der Waals surface area (Å²) in [6.07, 6.45) is 2.36. The molecule has 1 aromatic carbocycles. The highest BCUT2D eigenvalue weighted by Crippen LogP contribution is 2.15. The molecule has 20 heavy (non-hydrogen) atoms. The zero-order chi connectivity index (χ0) is 14.6. The Balaban J connectivity index is 2.23. The Labute approximate surface area is 120 Å². The first kappa shape index (κ1) is 16.3. The number of anilines is 1. The third kappa shape index (κ3) is 6.99. The Morgan fingerprint density at radius 2 is 2.00 bits per heavy atom. The van der Waals surface area contributed by atoms with Gasteiger partial charge in [-0.25, -0.2) is 0 Å². The number of esters is 1. The maximum atomic E-state index is 11.1. The van der Waals surface area contributed by atoms with Gasteiger partial charge in [-0.2, -0.15) is 0 Å². The number of nitrogens with one attached hydrogen (secondary N) is 1. The minimum absolute atomic E-state index is 0.231. The minimum Gasteiger partial charge on any atom is -0.493 e. The summed E-state index contributed by atoms with van der Waals surface area (Å²) in [5.41, 5.74) is 6.49. The molecule has 0 saturated carbocycles. The van der Waals surface area contributed by atoms with Gasteiger partial charge in [-0.3, -0.25) is 4.79 Å². The summed E-state index contributed by atoms with van der Waals surface area (Å²) in [4.78, 5) is 11.1. The van der Waals surface area contributed by atoms with Crippen LogP contribution in [0, 0.1) is 0 Å². The van der Waals surface area contributed by atoms with Crippen LogP contribution in [0.5, 0.6) is 5.75 Å². The zero-order valence-corrected chi connectivity index (χ0v) is 12.1. The highest BCUT2D eigenvalue weighted by atomic mass is 16.5. The molecule has 0 fully saturated rings. The Bertz CT molecular complexity index is 379. The second-order valence-corrected chi connectivity index (χ2v) is 4.35. The fourth-order valence-electron chi connectivity index (χ4n) is 1.66. The van der Waals surface area contributed by atoms with Crippen molar-refractivity contribution >= 4 is 11.7 Å². The van der Waals surface area contributed by atoms with E-state index in [4.69, 9.17) is 15.2 Å². The van der Waals surface area contributed by atoms with Crippen LogP contribution >= 0.6 is 0 Å². The van der Waals surface area contributed by atoms with Gasteiger partial charge in [0.1, 0.15) is 5.75 Å². The summed E-state index contributed by atoms with van der Waals surface area (Å²) >= 11 is 0. The average molecular weight is 280 g/mol. The fraction of sp³-hybridized carbons (Fsp3) is 0.533. The smallest absolute Gasteiger partial charge is 0.309 e. The van der Waals surface area contributed by atoms with Crippen LogP contribution in [0.1, 0.15) is 26.2 Å². The number of benzene rings is 1. The lowest BCUT2D eigenvalue weighted by atomic mass is 10.2. The molecule has 0 spiro atoms. The second-order valence-electron chi connectivity index (χ2n) is 4.35. The van der Waals surface area contributed by atoms with Crippen molar-refractivity contribution in [2.45, 2.75) is 26.2 Å². The van der Waals surface area contributed by atoms with Gasteiger partial charge >= 0.3 is 5.97 Å². The molecule has 3 N–H and O–H groups in total. The molecule has 5 nitrogen and oxygen atoms in total. The van der Waals surface area contributed by atoms with Crippen molar-refractivity contribution in [1.82, 2.24) is 0 Å². The number of unbranched alkanes of at least 4 members (excludes halogenated alkanes) is 1. The van der Waals surface area contributed by atoms with E-state index in [1.165, 1.54) is 0 Å². The van der Waals surface area contributed by atoms with Gasteiger partial charge in [0.25, 0.3) is 0 Å². The predicted molar refractivity (Wildman–Crippen MR) is 80.0 cm³/mol. The molecule has 0 heterocycles. The standard InChI is InChI=1S/C15H24N2O3/c1-2-19-15(18)9-12-20-14-7-5-13(6-8-14)17-11-4-3-10-16/h5-8,17H,2-4,9-12,16H2,1H3. The van der Waals surface area contributed by atoms with Gasteiger partial charge < -0.3 is 20.5 Å². The number of carbonyl (C=O) groups excluding carboxylic acids is 1. The summed E-state index contributed by atoms with van der Waals surface area (Å²) in [7, 11) is 0. The minimum atomic E-state index is -0.231. The number of nitrogens with two attached hydrogens (primary N) is 1. The molecular weight excluding hydrogens is 256 g/mol. The molecule has 1 aromatic rings. The summed E-state index contributed by atoms with van der Waals surface area (Å²) in [5.74, 6) is 0.521. The van der Waals surface area contributed by atoms with Gasteiger partial charge in [-0.05, 0) is 50.6 Å². The van der Waals surface area contributed by atoms with E-state index < -0.39 is 0 Å². The van der Waals surface area contributed by atoms with Crippen LogP contribution in [0.2, 0.25) is 0 Å². The number of hydrogen-bond acceptors (Lipinski definition) is 5. The number of rotatable bonds is 10. The van der Waals surface area contributed by atoms with E-state index in [-0.39, 0.29) is 12.4 Å². The monoisotopic (exact) mass is 280 g/mol. The normalized spacial score (nSPS) is 10.1. The molecule has 0 aliphatic heterocycles. The molecular formula is C15H24N2O3. The molecule has 0 saturated heterocycles. The quantitative estimate of drug-likeness (QED) is 0.507. The molecule has 0 atom stereocenters. The Kier molecular flexibility index (Phi) is 8.22. The van der Waals surface area contributed by atoms with Crippen LogP contribution in [-0.4, -0.2) is 32.3 Å². The van der Waals surface area contributed by atoms with E-state index in [1.54, 1.807) is 6.92 Å². The topological polar surface area (TPSA) is 73.6 Å². The van der Waals surface area contributed by atoms with Crippen LogP contribution < -0.4 is 15.8 Å². The summed E-state index contributed by atoms with van der Waals surface area (Å²) in [6.45, 7) is 4.18. The van der Waals surface area contributed by atoms with E-state index in [0.29, 0.717) is 13.2 Å². The summed E-state index contributed by atoms with van der Waals surface area (Å²) in [5, 5.41) is 3.31. The summed E-state index contributed by atoms with van der Waals surface area (Å²) < 4.78 is 10.3.